The molecular weight excluding hydrogens is 220 g/mol. The molecule has 1 aromatic rings. The summed E-state index contributed by atoms with van der Waals surface area (Å²) in [4.78, 5) is 22.1. The van der Waals surface area contributed by atoms with Crippen molar-refractivity contribution in [3.05, 3.63) is 35.4 Å². The van der Waals surface area contributed by atoms with Crippen LogP contribution in [0.1, 0.15) is 17.3 Å². The standard InChI is InChI=1S/C10H9F2NO3/c1-2-16-10(15)13-9(14)6-4-3-5-7(11)8(6)12/h3-5H,2H2,1H3,(H,13,14,15). The molecule has 0 aliphatic carbocycles. The summed E-state index contributed by atoms with van der Waals surface area (Å²) < 4.78 is 30.3. The Labute approximate surface area is 90.2 Å². The molecule has 0 saturated carbocycles. The fraction of sp³-hybridized carbons (Fsp3) is 0.200. The summed E-state index contributed by atoms with van der Waals surface area (Å²) in [6.07, 6.45) is -1.00. The first-order valence-corrected chi connectivity index (χ1v) is 4.48. The van der Waals surface area contributed by atoms with E-state index in [1.165, 1.54) is 6.07 Å². The number of benzene rings is 1. The van der Waals surface area contributed by atoms with Gasteiger partial charge in [-0.15, -0.1) is 0 Å². The highest BCUT2D eigenvalue weighted by Crippen LogP contribution is 2.10. The van der Waals surface area contributed by atoms with E-state index >= 15 is 0 Å². The van der Waals surface area contributed by atoms with Gasteiger partial charge in [-0.05, 0) is 19.1 Å². The van der Waals surface area contributed by atoms with Crippen LogP contribution in [0.15, 0.2) is 18.2 Å². The number of rotatable bonds is 2. The Hall–Kier alpha value is -1.98. The van der Waals surface area contributed by atoms with E-state index in [0.29, 0.717) is 0 Å². The van der Waals surface area contributed by atoms with Crippen LogP contribution in [0.25, 0.3) is 0 Å². The number of imide groups is 1. The molecule has 0 fully saturated rings. The highest BCUT2D eigenvalue weighted by Gasteiger charge is 2.17. The minimum absolute atomic E-state index is 0.0742. The largest absolute Gasteiger partial charge is 0.450 e. The van der Waals surface area contributed by atoms with Crippen molar-refractivity contribution in [2.75, 3.05) is 6.61 Å². The van der Waals surface area contributed by atoms with E-state index in [1.807, 2.05) is 0 Å². The van der Waals surface area contributed by atoms with E-state index < -0.39 is 29.2 Å². The summed E-state index contributed by atoms with van der Waals surface area (Å²) in [5.74, 6) is -3.50. The Balaban J connectivity index is 2.81. The summed E-state index contributed by atoms with van der Waals surface area (Å²) in [5.41, 5.74) is -0.548. The lowest BCUT2D eigenvalue weighted by Gasteiger charge is -2.05. The maximum Gasteiger partial charge on any atom is 0.414 e. The SMILES string of the molecule is CCOC(=O)NC(=O)c1cccc(F)c1F. The van der Waals surface area contributed by atoms with E-state index in [9.17, 15) is 18.4 Å². The molecule has 0 aliphatic heterocycles. The predicted molar refractivity (Wildman–Crippen MR) is 50.8 cm³/mol. The van der Waals surface area contributed by atoms with Gasteiger partial charge >= 0.3 is 6.09 Å². The molecule has 16 heavy (non-hydrogen) atoms. The number of hydrogen-bond donors (Lipinski definition) is 1. The predicted octanol–water partition coefficient (Wildman–Crippen LogP) is 1.85. The molecule has 0 heterocycles. The molecule has 1 rings (SSSR count). The van der Waals surface area contributed by atoms with Gasteiger partial charge < -0.3 is 4.74 Å². The Bertz CT molecular complexity index is 421. The third kappa shape index (κ3) is 2.75. The number of ether oxygens (including phenoxy) is 1. The summed E-state index contributed by atoms with van der Waals surface area (Å²) in [5, 5.41) is 1.76. The average Bonchev–Trinajstić information content (AvgIpc) is 2.22. The van der Waals surface area contributed by atoms with Crippen LogP contribution in [-0.2, 0) is 4.74 Å². The molecule has 1 N–H and O–H groups in total. The Morgan fingerprint density at radius 1 is 1.38 bits per heavy atom. The molecule has 0 aliphatic rings. The Kier molecular flexibility index (Phi) is 3.93. The molecule has 0 unspecified atom stereocenters. The highest BCUT2D eigenvalue weighted by molar-refractivity contribution is 6.02. The van der Waals surface area contributed by atoms with Crippen molar-refractivity contribution in [2.45, 2.75) is 6.92 Å². The van der Waals surface area contributed by atoms with E-state index in [2.05, 4.69) is 4.74 Å². The minimum Gasteiger partial charge on any atom is -0.450 e. The number of nitrogens with one attached hydrogen (secondary N) is 1. The van der Waals surface area contributed by atoms with Crippen LogP contribution in [0, 0.1) is 11.6 Å². The lowest BCUT2D eigenvalue weighted by atomic mass is 10.2. The van der Waals surface area contributed by atoms with Crippen molar-refractivity contribution < 1.29 is 23.1 Å². The number of hydrogen-bond acceptors (Lipinski definition) is 3. The van der Waals surface area contributed by atoms with Gasteiger partial charge in [0.05, 0.1) is 12.2 Å². The van der Waals surface area contributed by atoms with Crippen LogP contribution < -0.4 is 5.32 Å². The summed E-state index contributed by atoms with van der Waals surface area (Å²) in [7, 11) is 0. The zero-order chi connectivity index (χ0) is 12.1. The zero-order valence-corrected chi connectivity index (χ0v) is 8.42. The quantitative estimate of drug-likeness (QED) is 0.841. The highest BCUT2D eigenvalue weighted by atomic mass is 19.2. The molecule has 1 aromatic carbocycles. The Morgan fingerprint density at radius 2 is 2.06 bits per heavy atom. The van der Waals surface area contributed by atoms with Gasteiger partial charge in [0, 0.05) is 0 Å². The number of carbonyl (C=O) groups excluding carboxylic acids is 2. The number of alkyl carbamates (subject to hydrolysis) is 1. The average molecular weight is 229 g/mol. The van der Waals surface area contributed by atoms with E-state index in [1.54, 1.807) is 12.2 Å². The second kappa shape index (κ2) is 5.20. The van der Waals surface area contributed by atoms with E-state index in [-0.39, 0.29) is 6.61 Å². The molecule has 0 bridgehead atoms. The van der Waals surface area contributed by atoms with Gasteiger partial charge in [-0.3, -0.25) is 10.1 Å². The monoisotopic (exact) mass is 229 g/mol. The lowest BCUT2D eigenvalue weighted by molar-refractivity contribution is 0.0920. The van der Waals surface area contributed by atoms with Crippen LogP contribution >= 0.6 is 0 Å². The maximum atomic E-state index is 13.1. The first kappa shape index (κ1) is 12.1. The van der Waals surface area contributed by atoms with Crippen LogP contribution in [-0.4, -0.2) is 18.6 Å². The smallest absolute Gasteiger partial charge is 0.414 e. The number of amides is 2. The van der Waals surface area contributed by atoms with Crippen molar-refractivity contribution in [3.63, 3.8) is 0 Å². The molecule has 0 atom stereocenters. The maximum absolute atomic E-state index is 13.1. The lowest BCUT2D eigenvalue weighted by Crippen LogP contribution is -2.31. The van der Waals surface area contributed by atoms with E-state index in [4.69, 9.17) is 0 Å². The number of carbonyl (C=O) groups is 2. The Morgan fingerprint density at radius 3 is 2.69 bits per heavy atom. The van der Waals surface area contributed by atoms with Gasteiger partial charge in [0.25, 0.3) is 5.91 Å². The normalized spacial score (nSPS) is 9.69. The van der Waals surface area contributed by atoms with Crippen molar-refractivity contribution in [1.29, 1.82) is 0 Å². The van der Waals surface area contributed by atoms with Gasteiger partial charge in [0.2, 0.25) is 0 Å². The molecule has 6 heteroatoms. The molecule has 2 amide bonds. The van der Waals surface area contributed by atoms with Crippen molar-refractivity contribution in [2.24, 2.45) is 0 Å². The molecule has 0 spiro atoms. The molecule has 0 aromatic heterocycles. The topological polar surface area (TPSA) is 55.4 Å². The summed E-state index contributed by atoms with van der Waals surface area (Å²) >= 11 is 0. The molecule has 0 saturated heterocycles. The molecule has 4 nitrogen and oxygen atoms in total. The third-order valence-corrected chi connectivity index (χ3v) is 1.69. The van der Waals surface area contributed by atoms with Crippen molar-refractivity contribution in [3.8, 4) is 0 Å². The minimum atomic E-state index is -1.30. The first-order valence-electron chi connectivity index (χ1n) is 4.48. The number of halogens is 2. The third-order valence-electron chi connectivity index (χ3n) is 1.69. The fourth-order valence-corrected chi connectivity index (χ4v) is 1.01. The molecule has 0 radical (unpaired) electrons. The summed E-state index contributed by atoms with van der Waals surface area (Å²) in [6, 6.07) is 3.10. The fourth-order valence-electron chi connectivity index (χ4n) is 1.01. The van der Waals surface area contributed by atoms with Gasteiger partial charge in [-0.2, -0.15) is 0 Å². The van der Waals surface area contributed by atoms with Crippen LogP contribution in [0.5, 0.6) is 0 Å². The van der Waals surface area contributed by atoms with Gasteiger partial charge in [-0.1, -0.05) is 6.07 Å². The second-order valence-corrected chi connectivity index (χ2v) is 2.78. The molecular formula is C10H9F2NO3. The van der Waals surface area contributed by atoms with Crippen molar-refractivity contribution in [1.82, 2.24) is 5.32 Å². The van der Waals surface area contributed by atoms with Gasteiger partial charge in [-0.25, -0.2) is 13.6 Å². The first-order chi connectivity index (χ1) is 7.56. The molecule has 86 valence electrons. The van der Waals surface area contributed by atoms with Crippen LogP contribution in [0.3, 0.4) is 0 Å². The zero-order valence-electron chi connectivity index (χ0n) is 8.42. The van der Waals surface area contributed by atoms with Crippen molar-refractivity contribution >= 4 is 12.0 Å². The van der Waals surface area contributed by atoms with Crippen LogP contribution in [0.2, 0.25) is 0 Å². The van der Waals surface area contributed by atoms with Gasteiger partial charge in [0.15, 0.2) is 11.6 Å². The van der Waals surface area contributed by atoms with Crippen LogP contribution in [0.4, 0.5) is 13.6 Å². The van der Waals surface area contributed by atoms with E-state index in [0.717, 1.165) is 12.1 Å². The second-order valence-electron chi connectivity index (χ2n) is 2.78. The van der Waals surface area contributed by atoms with Gasteiger partial charge in [0.1, 0.15) is 0 Å². The summed E-state index contributed by atoms with van der Waals surface area (Å²) in [6.45, 7) is 1.62.